The van der Waals surface area contributed by atoms with Gasteiger partial charge >= 0.3 is 7.12 Å². The molecule has 4 nitrogen and oxygen atoms in total. The van der Waals surface area contributed by atoms with Gasteiger partial charge in [-0.05, 0) is 6.92 Å². The maximum absolute atomic E-state index is 8.73. The van der Waals surface area contributed by atoms with Crippen molar-refractivity contribution in [3.63, 3.8) is 0 Å². The molecule has 0 saturated heterocycles. The SMILES string of the molecule is CC1=C(B(O)O)CN(C)O1. The quantitative estimate of drug-likeness (QED) is 0.469. The molecule has 0 atom stereocenters. The van der Waals surface area contributed by atoms with Crippen LogP contribution in [0.15, 0.2) is 11.2 Å². The van der Waals surface area contributed by atoms with Crippen molar-refractivity contribution < 1.29 is 14.9 Å². The second kappa shape index (κ2) is 2.61. The lowest BCUT2D eigenvalue weighted by Crippen LogP contribution is -2.21. The van der Waals surface area contributed by atoms with E-state index in [-0.39, 0.29) is 0 Å². The predicted molar refractivity (Wildman–Crippen MR) is 36.6 cm³/mol. The number of allylic oxidation sites excluding steroid dienone is 1. The monoisotopic (exact) mass is 143 g/mol. The fraction of sp³-hybridized carbons (Fsp3) is 0.600. The van der Waals surface area contributed by atoms with E-state index < -0.39 is 7.12 Å². The van der Waals surface area contributed by atoms with Crippen LogP contribution < -0.4 is 0 Å². The maximum atomic E-state index is 8.73. The molecule has 0 aromatic heterocycles. The Labute approximate surface area is 59.8 Å². The molecule has 0 amide bonds. The highest BCUT2D eigenvalue weighted by Gasteiger charge is 2.26. The van der Waals surface area contributed by atoms with Crippen molar-refractivity contribution in [1.82, 2.24) is 5.06 Å². The van der Waals surface area contributed by atoms with E-state index in [1.807, 2.05) is 0 Å². The molecule has 1 rings (SSSR count). The topological polar surface area (TPSA) is 52.9 Å². The molecule has 10 heavy (non-hydrogen) atoms. The standard InChI is InChI=1S/C5H10BNO3/c1-4-5(6(8)9)3-7(2)10-4/h8-9H,3H2,1-2H3. The molecule has 0 saturated carbocycles. The summed E-state index contributed by atoms with van der Waals surface area (Å²) in [5, 5.41) is 19.0. The van der Waals surface area contributed by atoms with Crippen LogP contribution in [-0.4, -0.2) is 35.8 Å². The van der Waals surface area contributed by atoms with Crippen molar-refractivity contribution in [1.29, 1.82) is 0 Å². The summed E-state index contributed by atoms with van der Waals surface area (Å²) >= 11 is 0. The molecule has 0 spiro atoms. The molecule has 0 aromatic carbocycles. The first-order valence-electron chi connectivity index (χ1n) is 3.06. The van der Waals surface area contributed by atoms with Gasteiger partial charge in [-0.15, -0.1) is 5.06 Å². The molecule has 0 bridgehead atoms. The lowest BCUT2D eigenvalue weighted by Gasteiger charge is -2.06. The van der Waals surface area contributed by atoms with Crippen LogP contribution in [-0.2, 0) is 4.84 Å². The Kier molecular flexibility index (Phi) is 1.98. The largest absolute Gasteiger partial charge is 0.489 e. The second-order valence-corrected chi connectivity index (χ2v) is 2.33. The molecule has 56 valence electrons. The predicted octanol–water partition coefficient (Wildman–Crippen LogP) is -0.851. The Morgan fingerprint density at radius 3 is 2.40 bits per heavy atom. The fourth-order valence-corrected chi connectivity index (χ4v) is 0.939. The van der Waals surface area contributed by atoms with Gasteiger partial charge in [-0.1, -0.05) is 0 Å². The van der Waals surface area contributed by atoms with Crippen molar-refractivity contribution in [3.05, 3.63) is 11.2 Å². The smallest absolute Gasteiger partial charge is 0.423 e. The third kappa shape index (κ3) is 1.31. The van der Waals surface area contributed by atoms with Crippen LogP contribution in [0.1, 0.15) is 6.92 Å². The highest BCUT2D eigenvalue weighted by Crippen LogP contribution is 2.16. The molecule has 1 aliphatic heterocycles. The van der Waals surface area contributed by atoms with E-state index in [2.05, 4.69) is 0 Å². The van der Waals surface area contributed by atoms with Gasteiger partial charge in [0, 0.05) is 12.5 Å². The zero-order chi connectivity index (χ0) is 7.72. The van der Waals surface area contributed by atoms with Gasteiger partial charge in [0.25, 0.3) is 0 Å². The number of likely N-dealkylation sites (N-methyl/N-ethyl adjacent to an activating group) is 1. The van der Waals surface area contributed by atoms with Gasteiger partial charge in [-0.3, -0.25) is 0 Å². The zero-order valence-corrected chi connectivity index (χ0v) is 6.03. The number of hydroxylamine groups is 2. The van der Waals surface area contributed by atoms with Crippen LogP contribution in [0.5, 0.6) is 0 Å². The zero-order valence-electron chi connectivity index (χ0n) is 6.03. The summed E-state index contributed by atoms with van der Waals surface area (Å²) < 4.78 is 0. The van der Waals surface area contributed by atoms with Crippen LogP contribution in [0.3, 0.4) is 0 Å². The van der Waals surface area contributed by atoms with Gasteiger partial charge in [0.05, 0.1) is 6.54 Å². The van der Waals surface area contributed by atoms with E-state index in [0.29, 0.717) is 17.8 Å². The Morgan fingerprint density at radius 1 is 1.60 bits per heavy atom. The van der Waals surface area contributed by atoms with Gasteiger partial charge in [-0.25, -0.2) is 0 Å². The number of rotatable bonds is 1. The van der Waals surface area contributed by atoms with Crippen LogP contribution >= 0.6 is 0 Å². The summed E-state index contributed by atoms with van der Waals surface area (Å²) in [5.74, 6) is 0.581. The summed E-state index contributed by atoms with van der Waals surface area (Å²) in [6.07, 6.45) is 0. The number of nitrogens with zero attached hydrogens (tertiary/aromatic N) is 1. The molecule has 1 aliphatic rings. The Balaban J connectivity index is 2.66. The van der Waals surface area contributed by atoms with Crippen molar-refractivity contribution in [3.8, 4) is 0 Å². The third-order valence-electron chi connectivity index (χ3n) is 1.45. The highest BCUT2D eigenvalue weighted by molar-refractivity contribution is 6.51. The van der Waals surface area contributed by atoms with Gasteiger partial charge in [0.15, 0.2) is 0 Å². The molecule has 2 N–H and O–H groups in total. The molecular weight excluding hydrogens is 133 g/mol. The van der Waals surface area contributed by atoms with E-state index in [4.69, 9.17) is 14.9 Å². The molecule has 0 aromatic rings. The molecule has 1 heterocycles. The molecule has 0 radical (unpaired) electrons. The average molecular weight is 143 g/mol. The highest BCUT2D eigenvalue weighted by atomic mass is 16.7. The minimum Gasteiger partial charge on any atom is -0.423 e. The maximum Gasteiger partial charge on any atom is 0.489 e. The molecule has 0 aliphatic carbocycles. The first-order chi connectivity index (χ1) is 4.61. The summed E-state index contributed by atoms with van der Waals surface area (Å²) in [6.45, 7) is 2.17. The Morgan fingerprint density at radius 2 is 2.20 bits per heavy atom. The molecule has 5 heteroatoms. The minimum atomic E-state index is -1.38. The van der Waals surface area contributed by atoms with E-state index in [1.165, 1.54) is 0 Å². The first-order valence-corrected chi connectivity index (χ1v) is 3.06. The van der Waals surface area contributed by atoms with Crippen LogP contribution in [0.2, 0.25) is 0 Å². The second-order valence-electron chi connectivity index (χ2n) is 2.33. The first kappa shape index (κ1) is 7.59. The number of hydrogen-bond acceptors (Lipinski definition) is 4. The van der Waals surface area contributed by atoms with Gasteiger partial charge < -0.3 is 14.9 Å². The third-order valence-corrected chi connectivity index (χ3v) is 1.45. The van der Waals surface area contributed by atoms with Gasteiger partial charge in [0.1, 0.15) is 5.76 Å². The van der Waals surface area contributed by atoms with Crippen LogP contribution in [0, 0.1) is 0 Å². The molecule has 0 unspecified atom stereocenters. The minimum absolute atomic E-state index is 0.462. The van der Waals surface area contributed by atoms with Crippen molar-refractivity contribution >= 4 is 7.12 Å². The van der Waals surface area contributed by atoms with Crippen molar-refractivity contribution in [2.24, 2.45) is 0 Å². The summed E-state index contributed by atoms with van der Waals surface area (Å²) in [6, 6.07) is 0. The van der Waals surface area contributed by atoms with E-state index >= 15 is 0 Å². The van der Waals surface area contributed by atoms with Crippen molar-refractivity contribution in [2.45, 2.75) is 6.92 Å². The van der Waals surface area contributed by atoms with E-state index in [9.17, 15) is 0 Å². The van der Waals surface area contributed by atoms with E-state index in [0.717, 1.165) is 0 Å². The normalized spacial score (nSPS) is 19.6. The Hall–Kier alpha value is -0.515. The summed E-state index contributed by atoms with van der Waals surface area (Å²) in [5.41, 5.74) is 0.530. The molecular formula is C5H10BNO3. The van der Waals surface area contributed by atoms with Gasteiger partial charge in [-0.2, -0.15) is 0 Å². The van der Waals surface area contributed by atoms with Crippen molar-refractivity contribution in [2.75, 3.05) is 13.6 Å². The number of hydrogen-bond donors (Lipinski definition) is 2. The van der Waals surface area contributed by atoms with Gasteiger partial charge in [0.2, 0.25) is 0 Å². The molecule has 0 fully saturated rings. The lowest BCUT2D eigenvalue weighted by molar-refractivity contribution is -0.0657. The van der Waals surface area contributed by atoms with Crippen LogP contribution in [0.25, 0.3) is 0 Å². The van der Waals surface area contributed by atoms with E-state index in [1.54, 1.807) is 19.0 Å². The summed E-state index contributed by atoms with van der Waals surface area (Å²) in [7, 11) is 0.351. The average Bonchev–Trinajstić information content (AvgIpc) is 2.10. The van der Waals surface area contributed by atoms with Crippen LogP contribution in [0.4, 0.5) is 0 Å². The fourth-order valence-electron chi connectivity index (χ4n) is 0.939. The summed E-state index contributed by atoms with van der Waals surface area (Å²) in [4.78, 5) is 5.03. The lowest BCUT2D eigenvalue weighted by atomic mass is 9.79. The Bertz CT molecular complexity index is 168.